The third kappa shape index (κ3) is 2.60. The van der Waals surface area contributed by atoms with Gasteiger partial charge in [0.25, 0.3) is 0 Å². The van der Waals surface area contributed by atoms with E-state index in [9.17, 15) is 0 Å². The van der Waals surface area contributed by atoms with Crippen LogP contribution in [0, 0.1) is 13.8 Å². The minimum atomic E-state index is 0.721. The topological polar surface area (TPSA) is 37.8 Å². The first-order valence-corrected chi connectivity index (χ1v) is 7.13. The maximum Gasteiger partial charge on any atom is 0.110 e. The Morgan fingerprint density at radius 2 is 1.94 bits per heavy atom. The molecule has 0 aliphatic heterocycles. The Labute approximate surface area is 111 Å². The van der Waals surface area contributed by atoms with Gasteiger partial charge < -0.3 is 5.32 Å². The number of nitrogens with one attached hydrogen (secondary N) is 1. The van der Waals surface area contributed by atoms with Gasteiger partial charge in [-0.15, -0.1) is 5.10 Å². The molecule has 0 spiro atoms. The molecular formula is C14H17N3S. The van der Waals surface area contributed by atoms with Crippen LogP contribution in [-0.2, 0) is 6.54 Å². The second kappa shape index (κ2) is 4.78. The van der Waals surface area contributed by atoms with Gasteiger partial charge in [0, 0.05) is 18.2 Å². The van der Waals surface area contributed by atoms with Gasteiger partial charge in [0.15, 0.2) is 0 Å². The maximum absolute atomic E-state index is 4.30. The van der Waals surface area contributed by atoms with Gasteiger partial charge in [0.2, 0.25) is 0 Å². The highest BCUT2D eigenvalue weighted by Crippen LogP contribution is 2.27. The van der Waals surface area contributed by atoms with Crippen LogP contribution in [-0.4, -0.2) is 15.6 Å². The van der Waals surface area contributed by atoms with Crippen molar-refractivity contribution in [3.63, 3.8) is 0 Å². The summed E-state index contributed by atoms with van der Waals surface area (Å²) in [7, 11) is 0. The van der Waals surface area contributed by atoms with Crippen LogP contribution in [0.5, 0.6) is 0 Å². The van der Waals surface area contributed by atoms with Crippen molar-refractivity contribution < 1.29 is 0 Å². The van der Waals surface area contributed by atoms with E-state index in [1.54, 1.807) is 0 Å². The number of nitrogens with zero attached hydrogens (tertiary/aromatic N) is 2. The van der Waals surface area contributed by atoms with Gasteiger partial charge in [0.1, 0.15) is 5.69 Å². The lowest BCUT2D eigenvalue weighted by Gasteiger charge is -2.05. The third-order valence-corrected chi connectivity index (χ3v) is 3.90. The Morgan fingerprint density at radius 3 is 2.61 bits per heavy atom. The van der Waals surface area contributed by atoms with Crippen LogP contribution in [0.2, 0.25) is 0 Å². The van der Waals surface area contributed by atoms with Gasteiger partial charge in [-0.25, -0.2) is 0 Å². The Balaban J connectivity index is 1.87. The summed E-state index contributed by atoms with van der Waals surface area (Å²) in [6.45, 7) is 5.14. The summed E-state index contributed by atoms with van der Waals surface area (Å²) in [6.07, 6.45) is 2.62. The number of hydrogen-bond acceptors (Lipinski definition) is 4. The third-order valence-electron chi connectivity index (χ3n) is 3.18. The summed E-state index contributed by atoms with van der Waals surface area (Å²) in [4.78, 5) is 1.24. The molecule has 0 atom stereocenters. The standard InChI is InChI=1S/C14H17N3S/c1-9-5-10(2)7-11(6-9)14-13(18-17-16-14)8-15-12-3-4-12/h5-7,12,15H,3-4,8H2,1-2H3. The van der Waals surface area contributed by atoms with E-state index in [0.29, 0.717) is 0 Å². The highest BCUT2D eigenvalue weighted by Gasteiger charge is 2.21. The quantitative estimate of drug-likeness (QED) is 0.917. The first-order valence-electron chi connectivity index (χ1n) is 6.35. The average molecular weight is 259 g/mol. The summed E-state index contributed by atoms with van der Waals surface area (Å²) < 4.78 is 4.11. The molecular weight excluding hydrogens is 242 g/mol. The van der Waals surface area contributed by atoms with E-state index in [-0.39, 0.29) is 0 Å². The molecule has 3 nitrogen and oxygen atoms in total. The molecule has 0 radical (unpaired) electrons. The lowest BCUT2D eigenvalue weighted by Crippen LogP contribution is -2.14. The molecule has 1 heterocycles. The van der Waals surface area contributed by atoms with E-state index < -0.39 is 0 Å². The van der Waals surface area contributed by atoms with Crippen LogP contribution in [0.15, 0.2) is 18.2 Å². The summed E-state index contributed by atoms with van der Waals surface area (Å²) >= 11 is 1.50. The molecule has 94 valence electrons. The molecule has 2 aromatic rings. The molecule has 0 saturated heterocycles. The average Bonchev–Trinajstić information content (AvgIpc) is 3.02. The predicted octanol–water partition coefficient (Wildman–Crippen LogP) is 3.07. The van der Waals surface area contributed by atoms with Crippen molar-refractivity contribution in [3.8, 4) is 11.3 Å². The number of hydrogen-bond donors (Lipinski definition) is 1. The van der Waals surface area contributed by atoms with E-state index in [4.69, 9.17) is 0 Å². The smallest absolute Gasteiger partial charge is 0.110 e. The maximum atomic E-state index is 4.30. The summed E-state index contributed by atoms with van der Waals surface area (Å²) in [5.74, 6) is 0. The monoisotopic (exact) mass is 259 g/mol. The van der Waals surface area contributed by atoms with Crippen molar-refractivity contribution in [2.45, 2.75) is 39.3 Å². The van der Waals surface area contributed by atoms with Crippen molar-refractivity contribution in [3.05, 3.63) is 34.2 Å². The van der Waals surface area contributed by atoms with Crippen LogP contribution in [0.1, 0.15) is 28.8 Å². The molecule has 1 aromatic heterocycles. The number of rotatable bonds is 4. The molecule has 18 heavy (non-hydrogen) atoms. The molecule has 0 bridgehead atoms. The van der Waals surface area contributed by atoms with Crippen molar-refractivity contribution >= 4 is 11.5 Å². The molecule has 3 rings (SSSR count). The van der Waals surface area contributed by atoms with Gasteiger partial charge >= 0.3 is 0 Å². The molecule has 1 N–H and O–H groups in total. The lowest BCUT2D eigenvalue weighted by atomic mass is 10.0. The SMILES string of the molecule is Cc1cc(C)cc(-c2nnsc2CNC2CC2)c1. The van der Waals surface area contributed by atoms with Gasteiger partial charge in [-0.2, -0.15) is 0 Å². The zero-order valence-electron chi connectivity index (χ0n) is 10.7. The van der Waals surface area contributed by atoms with Crippen molar-refractivity contribution in [2.75, 3.05) is 0 Å². The van der Waals surface area contributed by atoms with Gasteiger partial charge in [-0.05, 0) is 50.4 Å². The molecule has 1 aliphatic carbocycles. The molecule has 4 heteroatoms. The van der Waals surface area contributed by atoms with Gasteiger partial charge in [-0.3, -0.25) is 0 Å². The first-order chi connectivity index (χ1) is 8.72. The van der Waals surface area contributed by atoms with Crippen molar-refractivity contribution in [1.82, 2.24) is 14.9 Å². The number of aromatic nitrogens is 2. The second-order valence-corrected chi connectivity index (χ2v) is 5.91. The summed E-state index contributed by atoms with van der Waals surface area (Å²) in [5, 5.41) is 7.82. The fourth-order valence-corrected chi connectivity index (χ4v) is 2.79. The molecule has 1 aromatic carbocycles. The normalized spacial score (nSPS) is 15.0. The highest BCUT2D eigenvalue weighted by atomic mass is 32.1. The largest absolute Gasteiger partial charge is 0.309 e. The van der Waals surface area contributed by atoms with Gasteiger partial charge in [-0.1, -0.05) is 21.7 Å². The summed E-state index contributed by atoms with van der Waals surface area (Å²) in [5.41, 5.74) is 4.78. The van der Waals surface area contributed by atoms with E-state index >= 15 is 0 Å². The van der Waals surface area contributed by atoms with Crippen LogP contribution in [0.25, 0.3) is 11.3 Å². The Morgan fingerprint density at radius 1 is 1.22 bits per heavy atom. The number of aryl methyl sites for hydroxylation is 2. The Kier molecular flexibility index (Phi) is 3.14. The van der Waals surface area contributed by atoms with E-state index in [1.807, 2.05) is 0 Å². The second-order valence-electron chi connectivity index (χ2n) is 5.08. The molecule has 1 saturated carbocycles. The Bertz CT molecular complexity index is 538. The van der Waals surface area contributed by atoms with Crippen LogP contribution in [0.3, 0.4) is 0 Å². The first kappa shape index (κ1) is 11.8. The fourth-order valence-electron chi connectivity index (χ4n) is 2.18. The van der Waals surface area contributed by atoms with Crippen LogP contribution in [0.4, 0.5) is 0 Å². The molecule has 0 amide bonds. The minimum Gasteiger partial charge on any atom is -0.309 e. The molecule has 1 aliphatic rings. The van der Waals surface area contributed by atoms with E-state index in [0.717, 1.165) is 18.3 Å². The van der Waals surface area contributed by atoms with Gasteiger partial charge in [0.05, 0.1) is 4.88 Å². The predicted molar refractivity (Wildman–Crippen MR) is 74.7 cm³/mol. The van der Waals surface area contributed by atoms with Crippen molar-refractivity contribution in [1.29, 1.82) is 0 Å². The van der Waals surface area contributed by atoms with E-state index in [2.05, 4.69) is 47.0 Å². The van der Waals surface area contributed by atoms with Crippen molar-refractivity contribution in [2.24, 2.45) is 0 Å². The Hall–Kier alpha value is -1.26. The minimum absolute atomic E-state index is 0.721. The van der Waals surface area contributed by atoms with Crippen LogP contribution >= 0.6 is 11.5 Å². The molecule has 1 fully saturated rings. The fraction of sp³-hybridized carbons (Fsp3) is 0.429. The zero-order valence-corrected chi connectivity index (χ0v) is 11.5. The lowest BCUT2D eigenvalue weighted by molar-refractivity contribution is 0.695. The molecule has 0 unspecified atom stereocenters. The summed E-state index contributed by atoms with van der Waals surface area (Å²) in [6, 6.07) is 7.28. The van der Waals surface area contributed by atoms with E-state index in [1.165, 1.54) is 45.9 Å². The highest BCUT2D eigenvalue weighted by molar-refractivity contribution is 7.05. The number of benzene rings is 1. The van der Waals surface area contributed by atoms with Crippen LogP contribution < -0.4 is 5.32 Å². The zero-order chi connectivity index (χ0) is 12.5.